The topological polar surface area (TPSA) is 58.6 Å². The highest BCUT2D eigenvalue weighted by molar-refractivity contribution is 6.33. The van der Waals surface area contributed by atoms with Gasteiger partial charge in [0, 0.05) is 25.6 Å². The first-order valence-electron chi connectivity index (χ1n) is 8.86. The van der Waals surface area contributed by atoms with Gasteiger partial charge >= 0.3 is 0 Å². The summed E-state index contributed by atoms with van der Waals surface area (Å²) in [6.07, 6.45) is 0.974. The SMILES string of the molecule is CCN(CC1CCOC1)C(=O)C(NC(=O)c1ccccc1Cl)C(C)C. The minimum absolute atomic E-state index is 0.0205. The lowest BCUT2D eigenvalue weighted by molar-refractivity contribution is -0.134. The van der Waals surface area contributed by atoms with E-state index in [1.54, 1.807) is 24.3 Å². The van der Waals surface area contributed by atoms with Gasteiger partial charge in [-0.05, 0) is 31.4 Å². The van der Waals surface area contributed by atoms with Crippen molar-refractivity contribution < 1.29 is 14.3 Å². The van der Waals surface area contributed by atoms with E-state index in [0.717, 1.165) is 13.0 Å². The number of nitrogens with one attached hydrogen (secondary N) is 1. The number of nitrogens with zero attached hydrogens (tertiary/aromatic N) is 1. The molecule has 0 aromatic heterocycles. The number of amides is 2. The zero-order valence-corrected chi connectivity index (χ0v) is 15.9. The van der Waals surface area contributed by atoms with Crippen LogP contribution in [0.15, 0.2) is 24.3 Å². The van der Waals surface area contributed by atoms with E-state index in [4.69, 9.17) is 16.3 Å². The fourth-order valence-corrected chi connectivity index (χ4v) is 3.21. The van der Waals surface area contributed by atoms with Crippen LogP contribution in [0.3, 0.4) is 0 Å². The second-order valence-corrected chi connectivity index (χ2v) is 7.19. The van der Waals surface area contributed by atoms with Crippen molar-refractivity contribution in [2.45, 2.75) is 33.2 Å². The predicted molar refractivity (Wildman–Crippen MR) is 98.7 cm³/mol. The predicted octanol–water partition coefficient (Wildman–Crippen LogP) is 2.98. The van der Waals surface area contributed by atoms with E-state index in [0.29, 0.717) is 36.2 Å². The molecule has 0 bridgehead atoms. The molecule has 6 heteroatoms. The van der Waals surface area contributed by atoms with E-state index in [1.165, 1.54) is 0 Å². The van der Waals surface area contributed by atoms with Crippen molar-refractivity contribution in [2.24, 2.45) is 11.8 Å². The molecular weight excluding hydrogens is 340 g/mol. The van der Waals surface area contributed by atoms with Crippen LogP contribution in [0.2, 0.25) is 5.02 Å². The molecule has 1 N–H and O–H groups in total. The van der Waals surface area contributed by atoms with Crippen LogP contribution in [0.1, 0.15) is 37.6 Å². The monoisotopic (exact) mass is 366 g/mol. The third kappa shape index (κ3) is 5.19. The van der Waals surface area contributed by atoms with Gasteiger partial charge in [0.1, 0.15) is 6.04 Å². The van der Waals surface area contributed by atoms with Gasteiger partial charge in [0.15, 0.2) is 0 Å². The molecule has 1 aromatic rings. The summed E-state index contributed by atoms with van der Waals surface area (Å²) in [5.41, 5.74) is 0.384. The molecule has 1 aliphatic rings. The van der Waals surface area contributed by atoms with E-state index in [1.807, 2.05) is 25.7 Å². The van der Waals surface area contributed by atoms with E-state index in [9.17, 15) is 9.59 Å². The standard InChI is InChI=1S/C19H27ClN2O3/c1-4-22(11-14-9-10-25-12-14)19(24)17(13(2)3)21-18(23)15-7-5-6-8-16(15)20/h5-8,13-14,17H,4,9-12H2,1-3H3,(H,21,23). The van der Waals surface area contributed by atoms with Gasteiger partial charge in [0.25, 0.3) is 5.91 Å². The van der Waals surface area contributed by atoms with Crippen molar-refractivity contribution in [3.05, 3.63) is 34.9 Å². The van der Waals surface area contributed by atoms with Crippen LogP contribution in [0, 0.1) is 11.8 Å². The zero-order chi connectivity index (χ0) is 18.4. The third-order valence-corrected chi connectivity index (χ3v) is 4.86. The lowest BCUT2D eigenvalue weighted by atomic mass is 10.0. The second-order valence-electron chi connectivity index (χ2n) is 6.78. The molecule has 1 fully saturated rings. The number of carbonyl (C=O) groups excluding carboxylic acids is 2. The van der Waals surface area contributed by atoms with E-state index in [2.05, 4.69) is 5.32 Å². The van der Waals surface area contributed by atoms with Gasteiger partial charge in [-0.3, -0.25) is 9.59 Å². The minimum Gasteiger partial charge on any atom is -0.381 e. The number of halogens is 1. The van der Waals surface area contributed by atoms with Gasteiger partial charge in [-0.2, -0.15) is 0 Å². The van der Waals surface area contributed by atoms with Gasteiger partial charge in [0.05, 0.1) is 17.2 Å². The van der Waals surface area contributed by atoms with Crippen LogP contribution < -0.4 is 5.32 Å². The van der Waals surface area contributed by atoms with Gasteiger partial charge in [-0.1, -0.05) is 37.6 Å². The van der Waals surface area contributed by atoms with Crippen molar-refractivity contribution in [1.29, 1.82) is 0 Å². The summed E-state index contributed by atoms with van der Waals surface area (Å²) in [5.74, 6) is -0.0218. The molecule has 138 valence electrons. The summed E-state index contributed by atoms with van der Waals surface area (Å²) in [7, 11) is 0. The van der Waals surface area contributed by atoms with Crippen LogP contribution in [-0.4, -0.2) is 49.1 Å². The summed E-state index contributed by atoms with van der Waals surface area (Å²) < 4.78 is 5.40. The largest absolute Gasteiger partial charge is 0.381 e. The van der Waals surface area contributed by atoms with Gasteiger partial charge in [0.2, 0.25) is 5.91 Å². The number of hydrogen-bond acceptors (Lipinski definition) is 3. The lowest BCUT2D eigenvalue weighted by Gasteiger charge is -2.30. The van der Waals surface area contributed by atoms with Crippen molar-refractivity contribution >= 4 is 23.4 Å². The Balaban J connectivity index is 2.08. The summed E-state index contributed by atoms with van der Waals surface area (Å²) >= 11 is 6.09. The molecule has 0 spiro atoms. The van der Waals surface area contributed by atoms with E-state index < -0.39 is 6.04 Å². The minimum atomic E-state index is -0.578. The molecule has 0 saturated carbocycles. The Kier molecular flexibility index (Phi) is 7.26. The third-order valence-electron chi connectivity index (χ3n) is 4.53. The van der Waals surface area contributed by atoms with Crippen LogP contribution >= 0.6 is 11.6 Å². The van der Waals surface area contributed by atoms with Crippen molar-refractivity contribution in [3.63, 3.8) is 0 Å². The van der Waals surface area contributed by atoms with Gasteiger partial charge in [-0.15, -0.1) is 0 Å². The van der Waals surface area contributed by atoms with Crippen LogP contribution in [0.25, 0.3) is 0 Å². The Labute approximate surface area is 154 Å². The average Bonchev–Trinajstić information content (AvgIpc) is 3.10. The number of carbonyl (C=O) groups is 2. The molecule has 0 aliphatic carbocycles. The zero-order valence-electron chi connectivity index (χ0n) is 15.1. The van der Waals surface area contributed by atoms with Crippen LogP contribution in [0.4, 0.5) is 0 Å². The highest BCUT2D eigenvalue weighted by atomic mass is 35.5. The Morgan fingerprint density at radius 2 is 2.08 bits per heavy atom. The first-order chi connectivity index (χ1) is 11.9. The number of rotatable bonds is 7. The number of likely N-dealkylation sites (N-methyl/N-ethyl adjacent to an activating group) is 1. The number of benzene rings is 1. The Bertz CT molecular complexity index is 600. The molecular formula is C19H27ClN2O3. The van der Waals surface area contributed by atoms with Gasteiger partial charge < -0.3 is 15.0 Å². The van der Waals surface area contributed by atoms with Gasteiger partial charge in [-0.25, -0.2) is 0 Å². The molecule has 1 aromatic carbocycles. The van der Waals surface area contributed by atoms with E-state index in [-0.39, 0.29) is 17.7 Å². The summed E-state index contributed by atoms with van der Waals surface area (Å²) in [5, 5.41) is 3.25. The molecule has 1 aliphatic heterocycles. The smallest absolute Gasteiger partial charge is 0.253 e. The normalized spacial score (nSPS) is 18.2. The van der Waals surface area contributed by atoms with Crippen LogP contribution in [0.5, 0.6) is 0 Å². The van der Waals surface area contributed by atoms with Crippen molar-refractivity contribution in [2.75, 3.05) is 26.3 Å². The molecule has 25 heavy (non-hydrogen) atoms. The Morgan fingerprint density at radius 3 is 2.64 bits per heavy atom. The molecule has 5 nitrogen and oxygen atoms in total. The summed E-state index contributed by atoms with van der Waals surface area (Å²) in [6, 6.07) is 6.28. The summed E-state index contributed by atoms with van der Waals surface area (Å²) in [6.45, 7) is 8.56. The highest BCUT2D eigenvalue weighted by Crippen LogP contribution is 2.18. The fourth-order valence-electron chi connectivity index (χ4n) is 2.99. The number of hydrogen-bond donors (Lipinski definition) is 1. The molecule has 2 unspecified atom stereocenters. The Hall–Kier alpha value is -1.59. The molecule has 1 saturated heterocycles. The fraction of sp³-hybridized carbons (Fsp3) is 0.579. The second kappa shape index (κ2) is 9.20. The average molecular weight is 367 g/mol. The lowest BCUT2D eigenvalue weighted by Crippen LogP contribution is -2.52. The first kappa shape index (κ1) is 19.7. The maximum atomic E-state index is 13.0. The first-order valence-corrected chi connectivity index (χ1v) is 9.23. The maximum absolute atomic E-state index is 13.0. The van der Waals surface area contributed by atoms with E-state index >= 15 is 0 Å². The molecule has 0 radical (unpaired) electrons. The van der Waals surface area contributed by atoms with Crippen LogP contribution in [-0.2, 0) is 9.53 Å². The molecule has 2 rings (SSSR count). The van der Waals surface area contributed by atoms with Crippen molar-refractivity contribution in [3.8, 4) is 0 Å². The summed E-state index contributed by atoms with van der Waals surface area (Å²) in [4.78, 5) is 27.4. The molecule has 2 atom stereocenters. The molecule has 2 amide bonds. The van der Waals surface area contributed by atoms with Crippen molar-refractivity contribution in [1.82, 2.24) is 10.2 Å². The number of ether oxygens (including phenoxy) is 1. The molecule has 1 heterocycles. The quantitative estimate of drug-likeness (QED) is 0.807. The Morgan fingerprint density at radius 1 is 1.36 bits per heavy atom. The maximum Gasteiger partial charge on any atom is 0.253 e. The highest BCUT2D eigenvalue weighted by Gasteiger charge is 2.30.